The summed E-state index contributed by atoms with van der Waals surface area (Å²) in [4.78, 5) is 35.6. The van der Waals surface area contributed by atoms with Crippen molar-refractivity contribution in [2.24, 2.45) is 0 Å². The highest BCUT2D eigenvalue weighted by Gasteiger charge is 2.22. The average molecular weight is 311 g/mol. The van der Waals surface area contributed by atoms with Gasteiger partial charge in [0.1, 0.15) is 17.7 Å². The third kappa shape index (κ3) is 4.34. The van der Waals surface area contributed by atoms with Crippen LogP contribution in [0.25, 0.3) is 0 Å². The van der Waals surface area contributed by atoms with E-state index in [2.05, 4.69) is 0 Å². The van der Waals surface area contributed by atoms with Gasteiger partial charge in [-0.15, -0.1) is 0 Å². The van der Waals surface area contributed by atoms with E-state index in [9.17, 15) is 19.5 Å². The van der Waals surface area contributed by atoms with Gasteiger partial charge in [-0.25, -0.2) is 4.79 Å². The Morgan fingerprint density at radius 2 is 1.91 bits per heavy atom. The van der Waals surface area contributed by atoms with Gasteiger partial charge in [0.2, 0.25) is 0 Å². The Morgan fingerprint density at radius 3 is 2.41 bits per heavy atom. The molecule has 22 heavy (non-hydrogen) atoms. The number of carbonyl (C=O) groups is 2. The highest BCUT2D eigenvalue weighted by Crippen LogP contribution is 2.15. The topological polar surface area (TPSA) is 94.8 Å². The number of rotatable bonds is 4. The molecule has 1 N–H and O–H groups in total. The molecular weight excluding hydrogens is 290 g/mol. The van der Waals surface area contributed by atoms with Gasteiger partial charge in [0.15, 0.2) is 5.75 Å². The Morgan fingerprint density at radius 1 is 1.32 bits per heavy atom. The van der Waals surface area contributed by atoms with Gasteiger partial charge >= 0.3 is 11.9 Å². The number of carbonyl (C=O) groups excluding carboxylic acids is 2. The van der Waals surface area contributed by atoms with E-state index in [0.29, 0.717) is 5.69 Å². The van der Waals surface area contributed by atoms with E-state index in [1.807, 2.05) is 0 Å². The summed E-state index contributed by atoms with van der Waals surface area (Å²) in [6, 6.07) is 1.30. The maximum absolute atomic E-state index is 12.1. The second-order valence-corrected chi connectivity index (χ2v) is 5.75. The van der Waals surface area contributed by atoms with Crippen LogP contribution >= 0.6 is 0 Å². The van der Waals surface area contributed by atoms with Gasteiger partial charge < -0.3 is 14.6 Å². The first kappa shape index (κ1) is 17.7. The van der Waals surface area contributed by atoms with Crippen molar-refractivity contribution in [3.05, 3.63) is 27.7 Å². The first-order chi connectivity index (χ1) is 10.1. The monoisotopic (exact) mass is 311 g/mol. The molecule has 0 spiro atoms. The SMILES string of the molecule is CCOC(=O)c1cc(C)n(CC(=O)OC(C)(C)C)c(=O)c1O. The molecule has 0 saturated heterocycles. The predicted octanol–water partition coefficient (Wildman–Crippen LogP) is 1.38. The zero-order valence-corrected chi connectivity index (χ0v) is 13.4. The largest absolute Gasteiger partial charge is 0.502 e. The number of aromatic hydroxyl groups is 1. The number of nitrogens with zero attached hydrogens (tertiary/aromatic N) is 1. The van der Waals surface area contributed by atoms with Gasteiger partial charge in [0.05, 0.1) is 6.61 Å². The third-order valence-corrected chi connectivity index (χ3v) is 2.68. The lowest BCUT2D eigenvalue weighted by atomic mass is 10.2. The van der Waals surface area contributed by atoms with Gasteiger partial charge in [-0.2, -0.15) is 0 Å². The Labute approximate surface area is 128 Å². The number of aryl methyl sites for hydroxylation is 1. The molecule has 0 aliphatic rings. The Kier molecular flexibility index (Phi) is 5.35. The van der Waals surface area contributed by atoms with Gasteiger partial charge in [-0.05, 0) is 40.7 Å². The quantitative estimate of drug-likeness (QED) is 0.844. The minimum atomic E-state index is -0.839. The van der Waals surface area contributed by atoms with Crippen molar-refractivity contribution in [1.82, 2.24) is 4.57 Å². The molecule has 1 aromatic rings. The fourth-order valence-electron chi connectivity index (χ4n) is 1.82. The molecule has 0 aliphatic carbocycles. The molecule has 7 heteroatoms. The second-order valence-electron chi connectivity index (χ2n) is 5.75. The molecule has 7 nitrogen and oxygen atoms in total. The Bertz CT molecular complexity index is 639. The van der Waals surface area contributed by atoms with Crippen LogP contribution in [0, 0.1) is 6.92 Å². The predicted molar refractivity (Wildman–Crippen MR) is 78.9 cm³/mol. The van der Waals surface area contributed by atoms with Crippen molar-refractivity contribution in [2.45, 2.75) is 46.8 Å². The van der Waals surface area contributed by atoms with Crippen molar-refractivity contribution in [1.29, 1.82) is 0 Å². The zero-order valence-electron chi connectivity index (χ0n) is 13.4. The van der Waals surface area contributed by atoms with Crippen LogP contribution in [-0.4, -0.2) is 33.8 Å². The molecule has 0 bridgehead atoms. The minimum Gasteiger partial charge on any atom is -0.502 e. The standard InChI is InChI=1S/C15H21NO6/c1-6-21-14(20)10-7-9(2)16(13(19)12(10)18)8-11(17)22-15(3,4)5/h7,18H,6,8H2,1-5H3. The molecule has 0 saturated carbocycles. The molecule has 0 fully saturated rings. The van der Waals surface area contributed by atoms with Gasteiger partial charge in [-0.3, -0.25) is 14.2 Å². The van der Waals surface area contributed by atoms with Crippen LogP contribution in [-0.2, 0) is 20.8 Å². The van der Waals surface area contributed by atoms with Crippen LogP contribution in [0.4, 0.5) is 0 Å². The third-order valence-electron chi connectivity index (χ3n) is 2.68. The summed E-state index contributed by atoms with van der Waals surface area (Å²) in [5.74, 6) is -2.14. The minimum absolute atomic E-state index is 0.123. The van der Waals surface area contributed by atoms with Crippen molar-refractivity contribution in [2.75, 3.05) is 6.61 Å². The molecule has 0 radical (unpaired) electrons. The average Bonchev–Trinajstić information content (AvgIpc) is 2.37. The van der Waals surface area contributed by atoms with Crippen molar-refractivity contribution in [3.8, 4) is 5.75 Å². The molecule has 0 unspecified atom stereocenters. The van der Waals surface area contributed by atoms with Gasteiger partial charge in [0.25, 0.3) is 5.56 Å². The van der Waals surface area contributed by atoms with Crippen molar-refractivity contribution < 1.29 is 24.2 Å². The number of esters is 2. The normalized spacial score (nSPS) is 11.1. The van der Waals surface area contributed by atoms with Gasteiger partial charge in [-0.1, -0.05) is 0 Å². The Balaban J connectivity index is 3.14. The number of ether oxygens (including phenoxy) is 2. The summed E-state index contributed by atoms with van der Waals surface area (Å²) in [7, 11) is 0. The van der Waals surface area contributed by atoms with Crippen LogP contribution in [0.3, 0.4) is 0 Å². The van der Waals surface area contributed by atoms with Crippen LogP contribution in [0.1, 0.15) is 43.7 Å². The van der Waals surface area contributed by atoms with Gasteiger partial charge in [0, 0.05) is 5.69 Å². The summed E-state index contributed by atoms with van der Waals surface area (Å²) in [6.07, 6.45) is 0. The van der Waals surface area contributed by atoms with E-state index in [0.717, 1.165) is 4.57 Å². The highest BCUT2D eigenvalue weighted by atomic mass is 16.6. The molecule has 1 aromatic heterocycles. The van der Waals surface area contributed by atoms with Crippen LogP contribution in [0.15, 0.2) is 10.9 Å². The van der Waals surface area contributed by atoms with Crippen LogP contribution in [0.5, 0.6) is 5.75 Å². The molecule has 0 amide bonds. The lowest BCUT2D eigenvalue weighted by Gasteiger charge is -2.20. The van der Waals surface area contributed by atoms with Crippen LogP contribution in [0.2, 0.25) is 0 Å². The first-order valence-corrected chi connectivity index (χ1v) is 6.89. The summed E-state index contributed by atoms with van der Waals surface area (Å²) in [5, 5.41) is 9.86. The second kappa shape index (κ2) is 6.64. The molecule has 1 heterocycles. The summed E-state index contributed by atoms with van der Waals surface area (Å²) >= 11 is 0. The number of pyridine rings is 1. The smallest absolute Gasteiger partial charge is 0.342 e. The molecular formula is C15H21NO6. The highest BCUT2D eigenvalue weighted by molar-refractivity contribution is 5.92. The van der Waals surface area contributed by atoms with E-state index in [4.69, 9.17) is 9.47 Å². The Hall–Kier alpha value is -2.31. The molecule has 0 atom stereocenters. The van der Waals surface area contributed by atoms with Crippen LogP contribution < -0.4 is 5.56 Å². The molecule has 0 aromatic carbocycles. The number of aromatic nitrogens is 1. The lowest BCUT2D eigenvalue weighted by Crippen LogP contribution is -2.32. The van der Waals surface area contributed by atoms with E-state index >= 15 is 0 Å². The number of hydrogen-bond donors (Lipinski definition) is 1. The maximum Gasteiger partial charge on any atom is 0.342 e. The summed E-state index contributed by atoms with van der Waals surface area (Å²) in [6.45, 7) is 8.07. The lowest BCUT2D eigenvalue weighted by molar-refractivity contribution is -0.155. The molecule has 0 aliphatic heterocycles. The summed E-state index contributed by atoms with van der Waals surface area (Å²) < 4.78 is 11.0. The van der Waals surface area contributed by atoms with Crippen molar-refractivity contribution >= 4 is 11.9 Å². The maximum atomic E-state index is 12.1. The zero-order chi connectivity index (χ0) is 17.1. The first-order valence-electron chi connectivity index (χ1n) is 6.89. The number of hydrogen-bond acceptors (Lipinski definition) is 6. The fraction of sp³-hybridized carbons (Fsp3) is 0.533. The van der Waals surface area contributed by atoms with E-state index in [1.165, 1.54) is 6.07 Å². The van der Waals surface area contributed by atoms with E-state index < -0.39 is 28.8 Å². The van der Waals surface area contributed by atoms with E-state index in [1.54, 1.807) is 34.6 Å². The van der Waals surface area contributed by atoms with E-state index in [-0.39, 0.29) is 18.7 Å². The van der Waals surface area contributed by atoms with Crippen molar-refractivity contribution in [3.63, 3.8) is 0 Å². The summed E-state index contributed by atoms with van der Waals surface area (Å²) in [5.41, 5.74) is -1.39. The fourth-order valence-corrected chi connectivity index (χ4v) is 1.82. The molecule has 1 rings (SSSR count). The molecule has 122 valence electrons.